The highest BCUT2D eigenvalue weighted by atomic mass is 35.5. The first-order chi connectivity index (χ1) is 8.24. The van der Waals surface area contributed by atoms with Crippen LogP contribution in [0, 0.1) is 0 Å². The smallest absolute Gasteiger partial charge is 0.0587 e. The van der Waals surface area contributed by atoms with Crippen LogP contribution in [0.1, 0.15) is 18.4 Å². The zero-order valence-electron chi connectivity index (χ0n) is 9.72. The number of rotatable bonds is 4. The fourth-order valence-corrected chi connectivity index (χ4v) is 2.59. The molecule has 1 aromatic carbocycles. The van der Waals surface area contributed by atoms with Gasteiger partial charge in [-0.25, -0.2) is 0 Å². The van der Waals surface area contributed by atoms with Gasteiger partial charge in [-0.2, -0.15) is 0 Å². The second-order valence-corrected chi connectivity index (χ2v) is 4.99. The van der Waals surface area contributed by atoms with E-state index in [4.69, 9.17) is 11.6 Å². The van der Waals surface area contributed by atoms with Crippen LogP contribution in [0.25, 0.3) is 0 Å². The van der Waals surface area contributed by atoms with Crippen molar-refractivity contribution in [1.29, 1.82) is 0 Å². The number of benzene rings is 1. The summed E-state index contributed by atoms with van der Waals surface area (Å²) in [6.45, 7) is 1.07. The lowest BCUT2D eigenvalue weighted by Gasteiger charge is -2.28. The van der Waals surface area contributed by atoms with Crippen molar-refractivity contribution < 1.29 is 10.2 Å². The highest BCUT2D eigenvalue weighted by Gasteiger charge is 2.32. The summed E-state index contributed by atoms with van der Waals surface area (Å²) >= 11 is 5.85. The van der Waals surface area contributed by atoms with Gasteiger partial charge in [-0.15, -0.1) is 0 Å². The van der Waals surface area contributed by atoms with Crippen LogP contribution in [0.3, 0.4) is 0 Å². The normalized spacial score (nSPS) is 25.4. The largest absolute Gasteiger partial charge is 0.395 e. The monoisotopic (exact) mass is 255 g/mol. The lowest BCUT2D eigenvalue weighted by molar-refractivity contribution is 0.0903. The van der Waals surface area contributed by atoms with Crippen LogP contribution in [0.2, 0.25) is 5.02 Å². The Morgan fingerprint density at radius 2 is 1.59 bits per heavy atom. The van der Waals surface area contributed by atoms with Crippen molar-refractivity contribution in [3.05, 3.63) is 34.9 Å². The fourth-order valence-electron chi connectivity index (χ4n) is 2.47. The molecule has 94 valence electrons. The summed E-state index contributed by atoms with van der Waals surface area (Å²) < 4.78 is 0. The van der Waals surface area contributed by atoms with E-state index in [2.05, 4.69) is 4.90 Å². The minimum Gasteiger partial charge on any atom is -0.395 e. The summed E-state index contributed by atoms with van der Waals surface area (Å²) in [7, 11) is 0. The molecule has 0 bridgehead atoms. The summed E-state index contributed by atoms with van der Waals surface area (Å²) in [4.78, 5) is 2.18. The molecule has 4 heteroatoms. The molecule has 2 atom stereocenters. The number of aliphatic hydroxyl groups excluding tert-OH is 2. The van der Waals surface area contributed by atoms with Gasteiger partial charge in [0.1, 0.15) is 0 Å². The first kappa shape index (κ1) is 12.8. The third-order valence-electron chi connectivity index (χ3n) is 3.47. The SMILES string of the molecule is OC[C@@H]1CC[C@@H](CO)N1Cc1ccc(Cl)cc1. The number of likely N-dealkylation sites (tertiary alicyclic amines) is 1. The molecular weight excluding hydrogens is 238 g/mol. The Balaban J connectivity index is 2.07. The predicted octanol–water partition coefficient (Wildman–Crippen LogP) is 1.66. The first-order valence-electron chi connectivity index (χ1n) is 5.96. The fraction of sp³-hybridized carbons (Fsp3) is 0.538. The molecule has 1 fully saturated rings. The van der Waals surface area contributed by atoms with Gasteiger partial charge in [0.05, 0.1) is 13.2 Å². The molecule has 1 aliphatic heterocycles. The molecule has 0 radical (unpaired) electrons. The Bertz CT molecular complexity index is 343. The Morgan fingerprint density at radius 3 is 2.06 bits per heavy atom. The van der Waals surface area contributed by atoms with E-state index in [1.807, 2.05) is 24.3 Å². The number of hydrogen-bond donors (Lipinski definition) is 2. The molecule has 1 heterocycles. The van der Waals surface area contributed by atoms with Crippen molar-refractivity contribution >= 4 is 11.6 Å². The first-order valence-corrected chi connectivity index (χ1v) is 6.34. The maximum Gasteiger partial charge on any atom is 0.0587 e. The van der Waals surface area contributed by atoms with Crippen LogP contribution in [-0.2, 0) is 6.54 Å². The summed E-state index contributed by atoms with van der Waals surface area (Å²) in [6.07, 6.45) is 1.91. The van der Waals surface area contributed by atoms with E-state index in [1.54, 1.807) is 0 Å². The summed E-state index contributed by atoms with van der Waals surface area (Å²) in [6, 6.07) is 8.06. The van der Waals surface area contributed by atoms with E-state index < -0.39 is 0 Å². The van der Waals surface area contributed by atoms with Crippen molar-refractivity contribution in [2.24, 2.45) is 0 Å². The van der Waals surface area contributed by atoms with Crippen molar-refractivity contribution in [3.63, 3.8) is 0 Å². The summed E-state index contributed by atoms with van der Waals surface area (Å²) in [5.41, 5.74) is 1.16. The molecule has 1 aromatic rings. The van der Waals surface area contributed by atoms with Gasteiger partial charge in [-0.1, -0.05) is 23.7 Å². The average molecular weight is 256 g/mol. The second kappa shape index (κ2) is 5.83. The van der Waals surface area contributed by atoms with Crippen LogP contribution in [0.5, 0.6) is 0 Å². The topological polar surface area (TPSA) is 43.7 Å². The number of aliphatic hydroxyl groups is 2. The Kier molecular flexibility index (Phi) is 4.40. The quantitative estimate of drug-likeness (QED) is 0.860. The summed E-state index contributed by atoms with van der Waals surface area (Å²) in [5, 5.41) is 19.4. The van der Waals surface area contributed by atoms with E-state index in [0.717, 1.165) is 30.0 Å². The molecule has 0 aromatic heterocycles. The van der Waals surface area contributed by atoms with E-state index >= 15 is 0 Å². The molecule has 3 nitrogen and oxygen atoms in total. The summed E-state index contributed by atoms with van der Waals surface area (Å²) in [5.74, 6) is 0. The number of hydrogen-bond acceptors (Lipinski definition) is 3. The molecule has 1 saturated heterocycles. The predicted molar refractivity (Wildman–Crippen MR) is 68.0 cm³/mol. The molecule has 0 saturated carbocycles. The van der Waals surface area contributed by atoms with Crippen LogP contribution in [0.15, 0.2) is 24.3 Å². The molecule has 0 unspecified atom stereocenters. The molecular formula is C13H18ClNO2. The van der Waals surface area contributed by atoms with Gasteiger partial charge in [-0.3, -0.25) is 4.90 Å². The third kappa shape index (κ3) is 2.99. The third-order valence-corrected chi connectivity index (χ3v) is 3.72. The molecule has 17 heavy (non-hydrogen) atoms. The van der Waals surface area contributed by atoms with Gasteiger partial charge in [0.25, 0.3) is 0 Å². The molecule has 2 N–H and O–H groups in total. The van der Waals surface area contributed by atoms with E-state index in [-0.39, 0.29) is 25.3 Å². The highest BCUT2D eigenvalue weighted by molar-refractivity contribution is 6.30. The minimum atomic E-state index is 0.157. The van der Waals surface area contributed by atoms with Crippen molar-refractivity contribution in [2.75, 3.05) is 13.2 Å². The van der Waals surface area contributed by atoms with E-state index in [0.29, 0.717) is 0 Å². The van der Waals surface area contributed by atoms with Crippen LogP contribution in [0.4, 0.5) is 0 Å². The average Bonchev–Trinajstić information content (AvgIpc) is 2.74. The lowest BCUT2D eigenvalue weighted by atomic mass is 10.2. The number of halogens is 1. The zero-order valence-corrected chi connectivity index (χ0v) is 10.5. The van der Waals surface area contributed by atoms with Gasteiger partial charge < -0.3 is 10.2 Å². The maximum absolute atomic E-state index is 9.33. The molecule has 0 spiro atoms. The van der Waals surface area contributed by atoms with Crippen LogP contribution in [-0.4, -0.2) is 40.4 Å². The van der Waals surface area contributed by atoms with Crippen molar-refractivity contribution in [1.82, 2.24) is 4.90 Å². The molecule has 0 amide bonds. The van der Waals surface area contributed by atoms with E-state index in [9.17, 15) is 10.2 Å². The van der Waals surface area contributed by atoms with Crippen LogP contribution < -0.4 is 0 Å². The zero-order chi connectivity index (χ0) is 12.3. The Labute approximate surface area is 107 Å². The van der Waals surface area contributed by atoms with Crippen molar-refractivity contribution in [2.45, 2.75) is 31.5 Å². The standard InChI is InChI=1S/C13H18ClNO2/c14-11-3-1-10(2-4-11)7-15-12(8-16)5-6-13(15)9-17/h1-4,12-13,16-17H,5-9H2/t12-,13-/m0/s1. The lowest BCUT2D eigenvalue weighted by Crippen LogP contribution is -2.39. The van der Waals surface area contributed by atoms with Crippen molar-refractivity contribution in [3.8, 4) is 0 Å². The van der Waals surface area contributed by atoms with E-state index in [1.165, 1.54) is 0 Å². The van der Waals surface area contributed by atoms with Gasteiger partial charge in [0.2, 0.25) is 0 Å². The number of nitrogens with zero attached hydrogens (tertiary/aromatic N) is 1. The van der Waals surface area contributed by atoms with Crippen LogP contribution >= 0.6 is 11.6 Å². The highest BCUT2D eigenvalue weighted by Crippen LogP contribution is 2.26. The van der Waals surface area contributed by atoms with Gasteiger partial charge >= 0.3 is 0 Å². The van der Waals surface area contributed by atoms with Gasteiger partial charge in [0.15, 0.2) is 0 Å². The molecule has 0 aliphatic carbocycles. The maximum atomic E-state index is 9.33. The molecule has 1 aliphatic rings. The van der Waals surface area contributed by atoms with Gasteiger partial charge in [0, 0.05) is 23.7 Å². The Morgan fingerprint density at radius 1 is 1.06 bits per heavy atom. The molecule has 2 rings (SSSR count). The Hall–Kier alpha value is -0.610. The minimum absolute atomic E-state index is 0.157. The second-order valence-electron chi connectivity index (χ2n) is 4.55. The van der Waals surface area contributed by atoms with Gasteiger partial charge in [-0.05, 0) is 30.5 Å².